The summed E-state index contributed by atoms with van der Waals surface area (Å²) in [6.07, 6.45) is 1.73. The summed E-state index contributed by atoms with van der Waals surface area (Å²) >= 11 is 0. The molecule has 0 amide bonds. The van der Waals surface area contributed by atoms with Gasteiger partial charge in [-0.25, -0.2) is 4.57 Å². The van der Waals surface area contributed by atoms with Gasteiger partial charge >= 0.3 is 5.82 Å². The van der Waals surface area contributed by atoms with Gasteiger partial charge in [-0.15, -0.1) is 0 Å². The van der Waals surface area contributed by atoms with Crippen LogP contribution in [0.3, 0.4) is 0 Å². The zero-order valence-corrected chi connectivity index (χ0v) is 8.86. The number of aryl methyl sites for hydroxylation is 3. The highest BCUT2D eigenvalue weighted by Gasteiger charge is 2.14. The second-order valence-corrected chi connectivity index (χ2v) is 3.56. The van der Waals surface area contributed by atoms with Crippen LogP contribution in [0.2, 0.25) is 0 Å². The van der Waals surface area contributed by atoms with Crippen LogP contribution in [0.4, 0.5) is 0 Å². The molecule has 0 N–H and O–H groups in total. The van der Waals surface area contributed by atoms with Gasteiger partial charge in [0.15, 0.2) is 5.69 Å². The lowest BCUT2D eigenvalue weighted by molar-refractivity contribution is -0.663. The van der Waals surface area contributed by atoms with Crippen molar-refractivity contribution in [1.82, 2.24) is 4.98 Å². The molecule has 2 rings (SSSR count). The van der Waals surface area contributed by atoms with E-state index in [-0.39, 0.29) is 5.69 Å². The summed E-state index contributed by atoms with van der Waals surface area (Å²) in [5, 5.41) is 0. The topological polar surface area (TPSA) is 16.8 Å². The quantitative estimate of drug-likeness (QED) is 0.648. The van der Waals surface area contributed by atoms with Gasteiger partial charge in [0.2, 0.25) is 0 Å². The molecule has 0 aliphatic carbocycles. The molecule has 1 aromatic carbocycles. The highest BCUT2D eigenvalue weighted by Crippen LogP contribution is 2.17. The molecular formula is C13H15N2+. The molecule has 0 radical (unpaired) electrons. The van der Waals surface area contributed by atoms with Crippen molar-refractivity contribution in [1.29, 1.82) is 0 Å². The molecule has 0 bridgehead atoms. The van der Waals surface area contributed by atoms with E-state index in [9.17, 15) is 0 Å². The second-order valence-electron chi connectivity index (χ2n) is 3.56. The number of rotatable bonds is 1. The molecule has 76 valence electrons. The predicted molar refractivity (Wildman–Crippen MR) is 60.3 cm³/mol. The third-order valence-electron chi connectivity index (χ3n) is 2.40. The van der Waals surface area contributed by atoms with Gasteiger partial charge < -0.3 is 0 Å². The fourth-order valence-electron chi connectivity index (χ4n) is 1.56. The molecule has 0 unspecified atom stereocenters. The minimum absolute atomic E-state index is 0.124. The van der Waals surface area contributed by atoms with E-state index in [1.54, 1.807) is 6.20 Å². The fraction of sp³-hybridized carbons (Fsp3) is 0.231. The van der Waals surface area contributed by atoms with Crippen LogP contribution < -0.4 is 4.57 Å². The van der Waals surface area contributed by atoms with Crippen LogP contribution >= 0.6 is 0 Å². The Labute approximate surface area is 94.4 Å². The van der Waals surface area contributed by atoms with E-state index in [0.717, 1.165) is 11.1 Å². The van der Waals surface area contributed by atoms with Crippen molar-refractivity contribution in [3.63, 3.8) is 0 Å². The van der Waals surface area contributed by atoms with E-state index in [1.807, 2.05) is 42.8 Å². The van der Waals surface area contributed by atoms with Crippen LogP contribution in [-0.4, -0.2) is 4.98 Å². The Bertz CT molecular complexity index is 577. The first-order valence-electron chi connectivity index (χ1n) is 6.33. The summed E-state index contributed by atoms with van der Waals surface area (Å²) in [7, 11) is 1.86. The van der Waals surface area contributed by atoms with E-state index >= 15 is 0 Å². The smallest absolute Gasteiger partial charge is 0.233 e. The average Bonchev–Trinajstić information content (AvgIpc) is 2.29. The Morgan fingerprint density at radius 3 is 2.80 bits per heavy atom. The van der Waals surface area contributed by atoms with E-state index in [4.69, 9.17) is 4.11 Å². The Morgan fingerprint density at radius 1 is 1.27 bits per heavy atom. The normalized spacial score (nSPS) is 14.1. The SMILES string of the molecule is [2H]C([2H])([2H])c1cc[n+](C)c(-c2ccccc2C)n1. The monoisotopic (exact) mass is 202 g/mol. The number of benzene rings is 1. The molecule has 1 aromatic heterocycles. The van der Waals surface area contributed by atoms with Crippen molar-refractivity contribution in [3.05, 3.63) is 47.8 Å². The first-order valence-corrected chi connectivity index (χ1v) is 4.83. The Balaban J connectivity index is 2.61. The Kier molecular flexibility index (Phi) is 1.71. The molecule has 0 spiro atoms. The van der Waals surface area contributed by atoms with Crippen LogP contribution in [-0.2, 0) is 7.05 Å². The highest BCUT2D eigenvalue weighted by molar-refractivity contribution is 5.57. The number of aromatic nitrogens is 2. The molecule has 0 aliphatic heterocycles. The highest BCUT2D eigenvalue weighted by atomic mass is 15.0. The zero-order chi connectivity index (χ0) is 13.3. The largest absolute Gasteiger partial charge is 0.330 e. The van der Waals surface area contributed by atoms with Crippen molar-refractivity contribution < 1.29 is 8.68 Å². The molecule has 2 heteroatoms. The third kappa shape index (κ3) is 1.89. The minimum Gasteiger partial charge on any atom is -0.233 e. The first kappa shape index (κ1) is 6.72. The van der Waals surface area contributed by atoms with Crippen LogP contribution in [0.1, 0.15) is 15.4 Å². The van der Waals surface area contributed by atoms with Crippen LogP contribution in [0.15, 0.2) is 36.5 Å². The summed E-state index contributed by atoms with van der Waals surface area (Å²) in [6, 6.07) is 9.34. The lowest BCUT2D eigenvalue weighted by Gasteiger charge is -2.02. The van der Waals surface area contributed by atoms with E-state index in [2.05, 4.69) is 4.98 Å². The summed E-state index contributed by atoms with van der Waals surface area (Å²) < 4.78 is 24.1. The zero-order valence-electron chi connectivity index (χ0n) is 11.9. The lowest BCUT2D eigenvalue weighted by atomic mass is 10.1. The van der Waals surface area contributed by atoms with Crippen molar-refractivity contribution in [2.45, 2.75) is 13.8 Å². The predicted octanol–water partition coefficient (Wildman–Crippen LogP) is 2.19. The molecule has 0 fully saturated rings. The summed E-state index contributed by atoms with van der Waals surface area (Å²) in [5.41, 5.74) is 2.15. The molecule has 1 heterocycles. The van der Waals surface area contributed by atoms with Crippen molar-refractivity contribution in [2.75, 3.05) is 0 Å². The van der Waals surface area contributed by atoms with Crippen molar-refractivity contribution in [2.24, 2.45) is 7.05 Å². The maximum atomic E-state index is 7.42. The summed E-state index contributed by atoms with van der Waals surface area (Å²) in [5.74, 6) is 0.668. The van der Waals surface area contributed by atoms with Gasteiger partial charge in [0.25, 0.3) is 0 Å². The number of hydrogen-bond donors (Lipinski definition) is 0. The molecule has 0 atom stereocenters. The average molecular weight is 202 g/mol. The first-order chi connectivity index (χ1) is 8.39. The van der Waals surface area contributed by atoms with Gasteiger partial charge in [0.05, 0.1) is 18.8 Å². The molecule has 15 heavy (non-hydrogen) atoms. The van der Waals surface area contributed by atoms with Crippen LogP contribution in [0, 0.1) is 13.8 Å². The van der Waals surface area contributed by atoms with Gasteiger partial charge in [-0.1, -0.05) is 18.2 Å². The summed E-state index contributed by atoms with van der Waals surface area (Å²) in [4.78, 5) is 4.28. The van der Waals surface area contributed by atoms with E-state index < -0.39 is 6.85 Å². The number of nitrogens with zero attached hydrogens (tertiary/aromatic N) is 2. The van der Waals surface area contributed by atoms with Crippen molar-refractivity contribution >= 4 is 0 Å². The Morgan fingerprint density at radius 2 is 2.07 bits per heavy atom. The number of hydrogen-bond acceptors (Lipinski definition) is 1. The Hall–Kier alpha value is -1.70. The molecule has 2 aromatic rings. The molecular weight excluding hydrogens is 184 g/mol. The van der Waals surface area contributed by atoms with Gasteiger partial charge in [0, 0.05) is 17.0 Å². The second kappa shape index (κ2) is 3.81. The fourth-order valence-corrected chi connectivity index (χ4v) is 1.56. The van der Waals surface area contributed by atoms with Crippen molar-refractivity contribution in [3.8, 4) is 11.4 Å². The lowest BCUT2D eigenvalue weighted by Crippen LogP contribution is -2.32. The van der Waals surface area contributed by atoms with Crippen LogP contribution in [0.25, 0.3) is 11.4 Å². The van der Waals surface area contributed by atoms with Gasteiger partial charge in [-0.05, 0) is 23.5 Å². The molecule has 2 nitrogen and oxygen atoms in total. The van der Waals surface area contributed by atoms with E-state index in [0.29, 0.717) is 5.82 Å². The van der Waals surface area contributed by atoms with Crippen LogP contribution in [0.5, 0.6) is 0 Å². The van der Waals surface area contributed by atoms with E-state index in [1.165, 1.54) is 6.07 Å². The maximum Gasteiger partial charge on any atom is 0.330 e. The maximum absolute atomic E-state index is 7.42. The molecule has 0 saturated heterocycles. The third-order valence-corrected chi connectivity index (χ3v) is 2.40. The molecule has 0 saturated carbocycles. The van der Waals surface area contributed by atoms with Gasteiger partial charge in [-0.2, -0.15) is 0 Å². The standard InChI is InChI=1S/C13H15N2/c1-10-6-4-5-7-12(10)13-14-11(2)8-9-15(13)3/h4-9H,1-3H3/q+1/i2D3. The summed E-state index contributed by atoms with van der Waals surface area (Å²) in [6.45, 7) is -0.190. The van der Waals surface area contributed by atoms with Gasteiger partial charge in [0.1, 0.15) is 0 Å². The molecule has 0 aliphatic rings. The minimum atomic E-state index is -2.17. The van der Waals surface area contributed by atoms with Gasteiger partial charge in [-0.3, -0.25) is 0 Å².